The summed E-state index contributed by atoms with van der Waals surface area (Å²) in [5, 5.41) is 1.71. The highest BCUT2D eigenvalue weighted by molar-refractivity contribution is 9.10. The number of anilines is 1. The van der Waals surface area contributed by atoms with Gasteiger partial charge in [-0.3, -0.25) is 0 Å². The van der Waals surface area contributed by atoms with Gasteiger partial charge in [-0.1, -0.05) is 27.5 Å². The van der Waals surface area contributed by atoms with Crippen LogP contribution in [0.1, 0.15) is 0 Å². The maximum Gasteiger partial charge on any atom is 0.129 e. The molecule has 2 aromatic rings. The summed E-state index contributed by atoms with van der Waals surface area (Å²) in [6.07, 6.45) is 0.210. The van der Waals surface area contributed by atoms with Crippen molar-refractivity contribution in [3.63, 3.8) is 0 Å². The van der Waals surface area contributed by atoms with E-state index >= 15 is 0 Å². The summed E-state index contributed by atoms with van der Waals surface area (Å²) in [4.78, 5) is 9.18. The van der Waals surface area contributed by atoms with E-state index in [1.165, 1.54) is 0 Å². The lowest BCUT2D eigenvalue weighted by atomic mass is 10.2. The molecule has 1 atom stereocenters. The predicted molar refractivity (Wildman–Crippen MR) is 95.0 cm³/mol. The first kappa shape index (κ1) is 16.0. The minimum atomic E-state index is 0.210. The molecular formula is C16H19BrClN3O. The van der Waals surface area contributed by atoms with Gasteiger partial charge >= 0.3 is 0 Å². The molecule has 0 N–H and O–H groups in total. The third-order valence-corrected chi connectivity index (χ3v) is 4.47. The van der Waals surface area contributed by atoms with Gasteiger partial charge in [-0.2, -0.15) is 0 Å². The van der Waals surface area contributed by atoms with E-state index in [9.17, 15) is 0 Å². The molecule has 0 spiro atoms. The molecule has 1 fully saturated rings. The van der Waals surface area contributed by atoms with Crippen LogP contribution in [0.15, 0.2) is 28.7 Å². The summed E-state index contributed by atoms with van der Waals surface area (Å²) in [5.74, 6) is 0.962. The Bertz CT molecular complexity index is 680. The zero-order chi connectivity index (χ0) is 15.7. The van der Waals surface area contributed by atoms with Crippen LogP contribution in [-0.4, -0.2) is 56.3 Å². The Morgan fingerprint density at radius 2 is 2.23 bits per heavy atom. The van der Waals surface area contributed by atoms with Gasteiger partial charge in [-0.25, -0.2) is 4.98 Å². The van der Waals surface area contributed by atoms with E-state index in [-0.39, 0.29) is 6.10 Å². The maximum atomic E-state index is 6.33. The molecule has 1 aromatic heterocycles. The van der Waals surface area contributed by atoms with Crippen LogP contribution in [0.4, 0.5) is 5.82 Å². The summed E-state index contributed by atoms with van der Waals surface area (Å²) in [5.41, 5.74) is 0.845. The highest BCUT2D eigenvalue weighted by Crippen LogP contribution is 2.29. The monoisotopic (exact) mass is 383 g/mol. The predicted octanol–water partition coefficient (Wildman–Crippen LogP) is 3.42. The minimum absolute atomic E-state index is 0.210. The molecule has 1 aliphatic heterocycles. The Hall–Kier alpha value is -0.880. The third kappa shape index (κ3) is 3.54. The second kappa shape index (κ2) is 6.71. The van der Waals surface area contributed by atoms with Gasteiger partial charge in [0.15, 0.2) is 0 Å². The average Bonchev–Trinajstić information content (AvgIpc) is 2.46. The van der Waals surface area contributed by atoms with Gasteiger partial charge in [0.2, 0.25) is 0 Å². The van der Waals surface area contributed by atoms with Crippen LogP contribution in [0.3, 0.4) is 0 Å². The van der Waals surface area contributed by atoms with Crippen LogP contribution in [0.5, 0.6) is 0 Å². The molecule has 118 valence electrons. The highest BCUT2D eigenvalue weighted by atomic mass is 79.9. The van der Waals surface area contributed by atoms with Gasteiger partial charge in [0, 0.05) is 29.5 Å². The Kier molecular flexibility index (Phi) is 4.88. The van der Waals surface area contributed by atoms with E-state index in [1.54, 1.807) is 0 Å². The molecule has 4 nitrogen and oxygen atoms in total. The fourth-order valence-electron chi connectivity index (χ4n) is 2.77. The van der Waals surface area contributed by atoms with Crippen molar-refractivity contribution in [3.8, 4) is 0 Å². The number of halogens is 2. The van der Waals surface area contributed by atoms with E-state index in [2.05, 4.69) is 52.0 Å². The molecule has 1 aliphatic rings. The molecule has 0 bridgehead atoms. The first-order valence-corrected chi connectivity index (χ1v) is 8.47. The van der Waals surface area contributed by atoms with Crippen molar-refractivity contribution in [2.75, 3.05) is 45.2 Å². The fraction of sp³-hybridized carbons (Fsp3) is 0.438. The van der Waals surface area contributed by atoms with Gasteiger partial charge in [-0.05, 0) is 38.4 Å². The van der Waals surface area contributed by atoms with Crippen molar-refractivity contribution < 1.29 is 4.74 Å². The third-order valence-electron chi connectivity index (χ3n) is 3.73. The molecule has 22 heavy (non-hydrogen) atoms. The summed E-state index contributed by atoms with van der Waals surface area (Å²) < 4.78 is 6.79. The van der Waals surface area contributed by atoms with Crippen molar-refractivity contribution in [2.24, 2.45) is 0 Å². The molecule has 1 saturated heterocycles. The van der Waals surface area contributed by atoms with E-state index in [4.69, 9.17) is 21.3 Å². The second-order valence-electron chi connectivity index (χ2n) is 5.83. The molecule has 0 amide bonds. The van der Waals surface area contributed by atoms with Crippen molar-refractivity contribution in [1.29, 1.82) is 0 Å². The summed E-state index contributed by atoms with van der Waals surface area (Å²) in [6.45, 7) is 3.35. The molecule has 3 rings (SSSR count). The molecule has 1 unspecified atom stereocenters. The van der Waals surface area contributed by atoms with Crippen molar-refractivity contribution in [1.82, 2.24) is 9.88 Å². The van der Waals surface area contributed by atoms with Crippen LogP contribution < -0.4 is 4.90 Å². The number of aromatic nitrogens is 1. The lowest BCUT2D eigenvalue weighted by molar-refractivity contribution is 0.0245. The highest BCUT2D eigenvalue weighted by Gasteiger charge is 2.22. The van der Waals surface area contributed by atoms with Crippen LogP contribution in [0.2, 0.25) is 5.02 Å². The Balaban J connectivity index is 1.86. The lowest BCUT2D eigenvalue weighted by Crippen LogP contribution is -2.46. The first-order valence-electron chi connectivity index (χ1n) is 7.30. The normalized spacial score (nSPS) is 19.1. The van der Waals surface area contributed by atoms with E-state index in [1.807, 2.05) is 12.1 Å². The second-order valence-corrected chi connectivity index (χ2v) is 7.15. The molecule has 0 radical (unpaired) electrons. The lowest BCUT2D eigenvalue weighted by Gasteiger charge is -2.35. The largest absolute Gasteiger partial charge is 0.373 e. The minimum Gasteiger partial charge on any atom is -0.373 e. The van der Waals surface area contributed by atoms with E-state index in [0.29, 0.717) is 5.02 Å². The van der Waals surface area contributed by atoms with Crippen LogP contribution in [0.25, 0.3) is 10.9 Å². The van der Waals surface area contributed by atoms with Crippen molar-refractivity contribution >= 4 is 44.3 Å². The van der Waals surface area contributed by atoms with Gasteiger partial charge < -0.3 is 14.5 Å². The van der Waals surface area contributed by atoms with Crippen molar-refractivity contribution in [3.05, 3.63) is 33.8 Å². The number of ether oxygens (including phenoxy) is 1. The Morgan fingerprint density at radius 1 is 1.41 bits per heavy atom. The van der Waals surface area contributed by atoms with Crippen LogP contribution >= 0.6 is 27.5 Å². The quantitative estimate of drug-likeness (QED) is 0.811. The zero-order valence-electron chi connectivity index (χ0n) is 12.7. The van der Waals surface area contributed by atoms with Gasteiger partial charge in [-0.15, -0.1) is 0 Å². The van der Waals surface area contributed by atoms with Crippen molar-refractivity contribution in [2.45, 2.75) is 6.10 Å². The number of likely N-dealkylation sites (N-methyl/N-ethyl adjacent to an activating group) is 1. The van der Waals surface area contributed by atoms with Crippen LogP contribution in [0, 0.1) is 0 Å². The molecule has 2 heterocycles. The number of fused-ring (bicyclic) bond motifs is 1. The number of morpholine rings is 1. The molecule has 6 heteroatoms. The summed E-state index contributed by atoms with van der Waals surface area (Å²) in [7, 11) is 4.13. The van der Waals surface area contributed by atoms with Gasteiger partial charge in [0.1, 0.15) is 5.82 Å². The first-order chi connectivity index (χ1) is 10.5. The number of nitrogens with zero attached hydrogens (tertiary/aromatic N) is 3. The van der Waals surface area contributed by atoms with E-state index < -0.39 is 0 Å². The van der Waals surface area contributed by atoms with E-state index in [0.717, 1.165) is 47.4 Å². The number of hydrogen-bond acceptors (Lipinski definition) is 4. The topological polar surface area (TPSA) is 28.6 Å². The van der Waals surface area contributed by atoms with Gasteiger partial charge in [0.25, 0.3) is 0 Å². The Morgan fingerprint density at radius 3 is 3.00 bits per heavy atom. The number of hydrogen-bond donors (Lipinski definition) is 0. The van der Waals surface area contributed by atoms with Crippen LogP contribution in [-0.2, 0) is 4.74 Å². The number of pyridine rings is 1. The molecule has 0 aliphatic carbocycles. The smallest absolute Gasteiger partial charge is 0.129 e. The standard InChI is InChI=1S/C16H19BrClN3O/c1-20(2)9-13-10-21(5-6-22-13)15-4-3-11-7-12(17)8-14(18)16(11)19-15/h3-4,7-8,13H,5-6,9-10H2,1-2H3. The van der Waals surface area contributed by atoms with Gasteiger partial charge in [0.05, 0.1) is 23.3 Å². The molecule has 0 saturated carbocycles. The summed E-state index contributed by atoms with van der Waals surface area (Å²) in [6, 6.07) is 8.05. The zero-order valence-corrected chi connectivity index (χ0v) is 15.1. The number of rotatable bonds is 3. The SMILES string of the molecule is CN(C)CC1CN(c2ccc3cc(Br)cc(Cl)c3n2)CCO1. The number of benzene rings is 1. The molecular weight excluding hydrogens is 366 g/mol. The average molecular weight is 385 g/mol. The Labute approximate surface area is 144 Å². The molecule has 1 aromatic carbocycles. The maximum absolute atomic E-state index is 6.33. The fourth-order valence-corrected chi connectivity index (χ4v) is 3.64. The summed E-state index contributed by atoms with van der Waals surface area (Å²) >= 11 is 9.79.